The molecule has 1 aromatic carbocycles. The zero-order chi connectivity index (χ0) is 17.9. The molecule has 0 spiro atoms. The summed E-state index contributed by atoms with van der Waals surface area (Å²) in [5, 5.41) is 3.35. The highest BCUT2D eigenvalue weighted by Gasteiger charge is 2.20. The van der Waals surface area contributed by atoms with Gasteiger partial charge in [0.15, 0.2) is 17.0 Å². The van der Waals surface area contributed by atoms with Crippen molar-refractivity contribution in [3.8, 4) is 5.75 Å². The Morgan fingerprint density at radius 3 is 2.50 bits per heavy atom. The van der Waals surface area contributed by atoms with Crippen molar-refractivity contribution in [2.45, 2.75) is 19.8 Å². The normalized spacial score (nSPS) is 15.2. The largest absolute Gasteiger partial charge is 0.497 e. The summed E-state index contributed by atoms with van der Waals surface area (Å²) < 4.78 is 5.21. The minimum Gasteiger partial charge on any atom is -0.497 e. The summed E-state index contributed by atoms with van der Waals surface area (Å²) in [6.45, 7) is 4.23. The number of hydrogen-bond donors (Lipinski definition) is 1. The number of methoxy groups -OCH3 is 1. The highest BCUT2D eigenvalue weighted by molar-refractivity contribution is 5.85. The van der Waals surface area contributed by atoms with Gasteiger partial charge in [0.05, 0.1) is 7.11 Å². The Bertz CT molecular complexity index is 890. The van der Waals surface area contributed by atoms with E-state index >= 15 is 0 Å². The lowest BCUT2D eigenvalue weighted by molar-refractivity contribution is 0.415. The van der Waals surface area contributed by atoms with E-state index in [9.17, 15) is 0 Å². The Morgan fingerprint density at radius 1 is 1.04 bits per heavy atom. The van der Waals surface area contributed by atoms with Gasteiger partial charge in [-0.15, -0.1) is 0 Å². The van der Waals surface area contributed by atoms with Gasteiger partial charge in [-0.3, -0.25) is 0 Å². The standard InChI is InChI=1S/C19H22N6O/c1-13-7-11-25(12-8-13)19-23-17-16(20-9-10-21-17)18(24-19)22-14-3-5-15(26-2)6-4-14/h3-6,9-10,13H,7-8,11-12H2,1-2H3,(H,21,22,23,24). The van der Waals surface area contributed by atoms with Crippen LogP contribution in [0.2, 0.25) is 0 Å². The lowest BCUT2D eigenvalue weighted by Crippen LogP contribution is -2.34. The van der Waals surface area contributed by atoms with E-state index in [-0.39, 0.29) is 0 Å². The molecule has 1 saturated heterocycles. The van der Waals surface area contributed by atoms with Crippen LogP contribution in [-0.4, -0.2) is 40.1 Å². The molecule has 0 saturated carbocycles. The number of fused-ring (bicyclic) bond motifs is 1. The first-order valence-electron chi connectivity index (χ1n) is 8.88. The number of hydrogen-bond acceptors (Lipinski definition) is 7. The predicted molar refractivity (Wildman–Crippen MR) is 102 cm³/mol. The van der Waals surface area contributed by atoms with Crippen LogP contribution >= 0.6 is 0 Å². The second-order valence-electron chi connectivity index (χ2n) is 6.62. The zero-order valence-corrected chi connectivity index (χ0v) is 15.0. The molecule has 0 radical (unpaired) electrons. The Balaban J connectivity index is 1.69. The van der Waals surface area contributed by atoms with Gasteiger partial charge in [-0.2, -0.15) is 9.97 Å². The molecule has 2 aromatic heterocycles. The molecule has 26 heavy (non-hydrogen) atoms. The quantitative estimate of drug-likeness (QED) is 0.772. The van der Waals surface area contributed by atoms with Crippen LogP contribution in [0.25, 0.3) is 11.2 Å². The lowest BCUT2D eigenvalue weighted by atomic mass is 10.00. The number of nitrogens with one attached hydrogen (secondary N) is 1. The minimum absolute atomic E-state index is 0.604. The SMILES string of the molecule is COc1ccc(Nc2nc(N3CCC(C)CC3)nc3nccnc23)cc1. The van der Waals surface area contributed by atoms with Gasteiger partial charge >= 0.3 is 0 Å². The predicted octanol–water partition coefficient (Wildman–Crippen LogP) is 3.41. The molecule has 134 valence electrons. The molecule has 1 N–H and O–H groups in total. The molecule has 0 aliphatic carbocycles. The van der Waals surface area contributed by atoms with Crippen molar-refractivity contribution in [2.24, 2.45) is 5.92 Å². The van der Waals surface area contributed by atoms with Crippen LogP contribution in [0.5, 0.6) is 5.75 Å². The van der Waals surface area contributed by atoms with Gasteiger partial charge in [-0.05, 0) is 43.0 Å². The molecular weight excluding hydrogens is 328 g/mol. The van der Waals surface area contributed by atoms with Crippen LogP contribution in [0.4, 0.5) is 17.5 Å². The van der Waals surface area contributed by atoms with E-state index in [1.807, 2.05) is 24.3 Å². The van der Waals surface area contributed by atoms with Gasteiger partial charge in [-0.1, -0.05) is 6.92 Å². The average Bonchev–Trinajstić information content (AvgIpc) is 2.69. The fourth-order valence-electron chi connectivity index (χ4n) is 3.10. The van der Waals surface area contributed by atoms with Crippen LogP contribution < -0.4 is 15.0 Å². The Labute approximate surface area is 152 Å². The number of ether oxygens (including phenoxy) is 1. The van der Waals surface area contributed by atoms with Crippen molar-refractivity contribution < 1.29 is 4.74 Å². The van der Waals surface area contributed by atoms with Crippen molar-refractivity contribution >= 4 is 28.6 Å². The molecule has 3 aromatic rings. The third-order valence-corrected chi connectivity index (χ3v) is 4.74. The van der Waals surface area contributed by atoms with Gasteiger partial charge < -0.3 is 15.0 Å². The second-order valence-corrected chi connectivity index (χ2v) is 6.62. The number of aromatic nitrogens is 4. The maximum atomic E-state index is 5.21. The Hall–Kier alpha value is -2.96. The fourth-order valence-corrected chi connectivity index (χ4v) is 3.10. The molecular formula is C19H22N6O. The molecule has 0 atom stereocenters. The van der Waals surface area contributed by atoms with Crippen molar-refractivity contribution in [3.63, 3.8) is 0 Å². The van der Waals surface area contributed by atoms with E-state index in [0.717, 1.165) is 43.3 Å². The first-order valence-corrected chi connectivity index (χ1v) is 8.88. The minimum atomic E-state index is 0.604. The average molecular weight is 350 g/mol. The third kappa shape index (κ3) is 3.37. The second kappa shape index (κ2) is 7.11. The van der Waals surface area contributed by atoms with E-state index in [1.54, 1.807) is 19.5 Å². The summed E-state index contributed by atoms with van der Waals surface area (Å²) in [5.74, 6) is 2.94. The molecule has 0 bridgehead atoms. The first-order chi connectivity index (χ1) is 12.7. The molecule has 1 fully saturated rings. The summed E-state index contributed by atoms with van der Waals surface area (Å²) in [5.41, 5.74) is 2.18. The molecule has 7 heteroatoms. The lowest BCUT2D eigenvalue weighted by Gasteiger charge is -2.30. The smallest absolute Gasteiger partial charge is 0.229 e. The Morgan fingerprint density at radius 2 is 1.77 bits per heavy atom. The zero-order valence-electron chi connectivity index (χ0n) is 15.0. The van der Waals surface area contributed by atoms with Crippen LogP contribution in [0, 0.1) is 5.92 Å². The molecule has 0 amide bonds. The first kappa shape index (κ1) is 16.5. The third-order valence-electron chi connectivity index (χ3n) is 4.74. The van der Waals surface area contributed by atoms with E-state index in [2.05, 4.69) is 32.1 Å². The maximum absolute atomic E-state index is 5.21. The summed E-state index contributed by atoms with van der Waals surface area (Å²) in [7, 11) is 1.65. The summed E-state index contributed by atoms with van der Waals surface area (Å²) in [4.78, 5) is 20.4. The van der Waals surface area contributed by atoms with E-state index in [4.69, 9.17) is 9.72 Å². The molecule has 3 heterocycles. The van der Waals surface area contributed by atoms with Crippen molar-refractivity contribution in [2.75, 3.05) is 30.4 Å². The summed E-state index contributed by atoms with van der Waals surface area (Å²) in [6.07, 6.45) is 5.63. The highest BCUT2D eigenvalue weighted by Crippen LogP contribution is 2.27. The van der Waals surface area contributed by atoms with Crippen LogP contribution in [0.15, 0.2) is 36.7 Å². The number of piperidine rings is 1. The van der Waals surface area contributed by atoms with Gasteiger partial charge in [0, 0.05) is 31.2 Å². The summed E-state index contributed by atoms with van der Waals surface area (Å²) in [6, 6.07) is 7.71. The van der Waals surface area contributed by atoms with Crippen molar-refractivity contribution in [1.29, 1.82) is 0 Å². The van der Waals surface area contributed by atoms with E-state index in [1.165, 1.54) is 0 Å². The monoisotopic (exact) mass is 350 g/mol. The van der Waals surface area contributed by atoms with Gasteiger partial charge in [0.25, 0.3) is 0 Å². The van der Waals surface area contributed by atoms with Crippen molar-refractivity contribution in [3.05, 3.63) is 36.7 Å². The number of benzene rings is 1. The maximum Gasteiger partial charge on any atom is 0.229 e. The topological polar surface area (TPSA) is 76.1 Å². The molecule has 1 aliphatic rings. The molecule has 4 rings (SSSR count). The number of anilines is 3. The van der Waals surface area contributed by atoms with Crippen molar-refractivity contribution in [1.82, 2.24) is 19.9 Å². The summed E-state index contributed by atoms with van der Waals surface area (Å²) >= 11 is 0. The van der Waals surface area contributed by atoms with Gasteiger partial charge in [0.2, 0.25) is 5.95 Å². The number of rotatable bonds is 4. The molecule has 0 unspecified atom stereocenters. The van der Waals surface area contributed by atoms with Gasteiger partial charge in [-0.25, -0.2) is 9.97 Å². The van der Waals surface area contributed by atoms with Gasteiger partial charge in [0.1, 0.15) is 5.75 Å². The van der Waals surface area contributed by atoms with Crippen LogP contribution in [0.3, 0.4) is 0 Å². The number of nitrogens with zero attached hydrogens (tertiary/aromatic N) is 5. The Kier molecular flexibility index (Phi) is 4.51. The molecule has 7 nitrogen and oxygen atoms in total. The molecule has 1 aliphatic heterocycles. The van der Waals surface area contributed by atoms with E-state index in [0.29, 0.717) is 22.9 Å². The fraction of sp³-hybridized carbons (Fsp3) is 0.368. The van der Waals surface area contributed by atoms with Crippen LogP contribution in [-0.2, 0) is 0 Å². The van der Waals surface area contributed by atoms with E-state index < -0.39 is 0 Å². The highest BCUT2D eigenvalue weighted by atomic mass is 16.5. The van der Waals surface area contributed by atoms with Crippen LogP contribution in [0.1, 0.15) is 19.8 Å².